The lowest BCUT2D eigenvalue weighted by atomic mass is 9.89. The zero-order chi connectivity index (χ0) is 15.1. The van der Waals surface area contributed by atoms with E-state index in [2.05, 4.69) is 43.0 Å². The number of ether oxygens (including phenoxy) is 1. The zero-order valence-corrected chi connectivity index (χ0v) is 13.6. The summed E-state index contributed by atoms with van der Waals surface area (Å²) in [5, 5.41) is 0. The summed E-state index contributed by atoms with van der Waals surface area (Å²) in [5.74, 6) is 1.54. The van der Waals surface area contributed by atoms with Gasteiger partial charge in [-0.3, -0.25) is 4.90 Å². The molecule has 1 aromatic carbocycles. The molecule has 0 amide bonds. The van der Waals surface area contributed by atoms with Crippen LogP contribution in [0, 0.1) is 5.92 Å². The van der Waals surface area contributed by atoms with Crippen LogP contribution in [0.4, 0.5) is 0 Å². The molecule has 2 unspecified atom stereocenters. The number of hydrogen-bond donors (Lipinski definition) is 1. The van der Waals surface area contributed by atoms with Crippen LogP contribution in [0.1, 0.15) is 51.1 Å². The molecule has 1 fully saturated rings. The van der Waals surface area contributed by atoms with Crippen molar-refractivity contribution in [3.8, 4) is 5.75 Å². The second-order valence-electron chi connectivity index (χ2n) is 5.99. The van der Waals surface area contributed by atoms with Crippen LogP contribution in [0.15, 0.2) is 24.3 Å². The van der Waals surface area contributed by atoms with Crippen molar-refractivity contribution in [1.29, 1.82) is 0 Å². The van der Waals surface area contributed by atoms with Crippen LogP contribution in [-0.2, 0) is 0 Å². The molecule has 3 nitrogen and oxygen atoms in total. The summed E-state index contributed by atoms with van der Waals surface area (Å²) in [7, 11) is 0. The van der Waals surface area contributed by atoms with E-state index in [4.69, 9.17) is 10.5 Å². The summed E-state index contributed by atoms with van der Waals surface area (Å²) in [6, 6.07) is 9.07. The van der Waals surface area contributed by atoms with Gasteiger partial charge in [0.05, 0.1) is 6.61 Å². The lowest BCUT2D eigenvalue weighted by Crippen LogP contribution is -2.35. The third kappa shape index (κ3) is 4.21. The van der Waals surface area contributed by atoms with Gasteiger partial charge in [-0.15, -0.1) is 0 Å². The minimum atomic E-state index is 0.438. The van der Waals surface area contributed by atoms with Crippen molar-refractivity contribution in [1.82, 2.24) is 4.90 Å². The van der Waals surface area contributed by atoms with Crippen molar-refractivity contribution in [2.45, 2.75) is 45.6 Å². The van der Waals surface area contributed by atoms with Crippen LogP contribution < -0.4 is 10.5 Å². The molecule has 1 aromatic rings. The van der Waals surface area contributed by atoms with E-state index in [1.165, 1.54) is 31.4 Å². The summed E-state index contributed by atoms with van der Waals surface area (Å²) in [4.78, 5) is 2.59. The molecule has 2 N–H and O–H groups in total. The summed E-state index contributed by atoms with van der Waals surface area (Å²) in [6.45, 7) is 8.20. The number of benzene rings is 1. The van der Waals surface area contributed by atoms with Gasteiger partial charge in [0.1, 0.15) is 5.75 Å². The molecule has 0 aliphatic carbocycles. The Bertz CT molecular complexity index is 407. The van der Waals surface area contributed by atoms with Gasteiger partial charge in [0.15, 0.2) is 0 Å². The van der Waals surface area contributed by atoms with Crippen molar-refractivity contribution >= 4 is 0 Å². The van der Waals surface area contributed by atoms with Gasteiger partial charge in [0.2, 0.25) is 0 Å². The Balaban J connectivity index is 2.25. The van der Waals surface area contributed by atoms with Gasteiger partial charge < -0.3 is 10.5 Å². The van der Waals surface area contributed by atoms with Gasteiger partial charge in [-0.2, -0.15) is 0 Å². The minimum Gasteiger partial charge on any atom is -0.494 e. The van der Waals surface area contributed by atoms with Crippen LogP contribution in [0.3, 0.4) is 0 Å². The molecule has 0 aromatic heterocycles. The maximum Gasteiger partial charge on any atom is 0.119 e. The highest BCUT2D eigenvalue weighted by atomic mass is 16.5. The molecule has 0 spiro atoms. The van der Waals surface area contributed by atoms with E-state index in [1.807, 2.05) is 0 Å². The highest BCUT2D eigenvalue weighted by Crippen LogP contribution is 2.35. The van der Waals surface area contributed by atoms with E-state index in [0.29, 0.717) is 12.0 Å². The van der Waals surface area contributed by atoms with Crippen molar-refractivity contribution in [2.24, 2.45) is 11.7 Å². The third-order valence-electron chi connectivity index (χ3n) is 4.49. The van der Waals surface area contributed by atoms with E-state index < -0.39 is 0 Å². The molecule has 0 bridgehead atoms. The van der Waals surface area contributed by atoms with Crippen LogP contribution in [0.5, 0.6) is 5.75 Å². The minimum absolute atomic E-state index is 0.438. The van der Waals surface area contributed by atoms with Crippen molar-refractivity contribution in [2.75, 3.05) is 26.2 Å². The third-order valence-corrected chi connectivity index (χ3v) is 4.49. The van der Waals surface area contributed by atoms with Crippen LogP contribution in [0.25, 0.3) is 0 Å². The van der Waals surface area contributed by atoms with Gasteiger partial charge in [0, 0.05) is 6.04 Å². The Morgan fingerprint density at radius 1 is 1.29 bits per heavy atom. The summed E-state index contributed by atoms with van der Waals surface area (Å²) < 4.78 is 5.81. The molecule has 0 radical (unpaired) electrons. The molecule has 2 atom stereocenters. The Labute approximate surface area is 129 Å². The predicted molar refractivity (Wildman–Crippen MR) is 88.6 cm³/mol. The monoisotopic (exact) mass is 290 g/mol. The molecule has 118 valence electrons. The fourth-order valence-corrected chi connectivity index (χ4v) is 3.41. The second-order valence-corrected chi connectivity index (χ2v) is 5.99. The SMILES string of the molecule is CCCOc1cccc(C2C(CN)CCCCN2CC)c1. The van der Waals surface area contributed by atoms with Gasteiger partial charge in [-0.05, 0) is 62.5 Å². The number of nitrogens with two attached hydrogens (primary N) is 1. The Morgan fingerprint density at radius 3 is 2.86 bits per heavy atom. The second kappa shape index (κ2) is 8.40. The number of likely N-dealkylation sites (tertiary alicyclic amines) is 1. The molecule has 2 rings (SSSR count). The highest BCUT2D eigenvalue weighted by Gasteiger charge is 2.29. The topological polar surface area (TPSA) is 38.5 Å². The van der Waals surface area contributed by atoms with E-state index in [0.717, 1.165) is 31.9 Å². The van der Waals surface area contributed by atoms with Gasteiger partial charge >= 0.3 is 0 Å². The van der Waals surface area contributed by atoms with E-state index in [1.54, 1.807) is 0 Å². The lowest BCUT2D eigenvalue weighted by molar-refractivity contribution is 0.166. The summed E-state index contributed by atoms with van der Waals surface area (Å²) >= 11 is 0. The normalized spacial score (nSPS) is 23.8. The average molecular weight is 290 g/mol. The largest absolute Gasteiger partial charge is 0.494 e. The quantitative estimate of drug-likeness (QED) is 0.870. The number of nitrogens with zero attached hydrogens (tertiary/aromatic N) is 1. The number of hydrogen-bond acceptors (Lipinski definition) is 3. The van der Waals surface area contributed by atoms with Gasteiger partial charge in [0.25, 0.3) is 0 Å². The van der Waals surface area contributed by atoms with E-state index in [-0.39, 0.29) is 0 Å². The molecule has 1 saturated heterocycles. The summed E-state index contributed by atoms with van der Waals surface area (Å²) in [6.07, 6.45) is 4.85. The molecule has 3 heteroatoms. The van der Waals surface area contributed by atoms with Gasteiger partial charge in [-0.1, -0.05) is 32.4 Å². The first-order valence-corrected chi connectivity index (χ1v) is 8.47. The van der Waals surface area contributed by atoms with Crippen LogP contribution in [-0.4, -0.2) is 31.1 Å². The molecule has 1 aliphatic heterocycles. The van der Waals surface area contributed by atoms with Crippen molar-refractivity contribution < 1.29 is 4.74 Å². The maximum atomic E-state index is 6.08. The first kappa shape index (κ1) is 16.3. The number of rotatable bonds is 6. The molecule has 21 heavy (non-hydrogen) atoms. The smallest absolute Gasteiger partial charge is 0.119 e. The average Bonchev–Trinajstić information content (AvgIpc) is 2.74. The van der Waals surface area contributed by atoms with E-state index in [9.17, 15) is 0 Å². The Morgan fingerprint density at radius 2 is 2.14 bits per heavy atom. The van der Waals surface area contributed by atoms with Crippen LogP contribution >= 0.6 is 0 Å². The molecule has 0 saturated carbocycles. The fraction of sp³-hybridized carbons (Fsp3) is 0.667. The standard InChI is InChI=1S/C18H30N2O/c1-3-12-21-17-10-7-9-15(13-17)18-16(14-19)8-5-6-11-20(18)4-2/h7,9-10,13,16,18H,3-6,8,11-12,14,19H2,1-2H3. The van der Waals surface area contributed by atoms with Gasteiger partial charge in [-0.25, -0.2) is 0 Å². The Hall–Kier alpha value is -1.06. The Kier molecular flexibility index (Phi) is 6.52. The molecule has 1 aliphatic rings. The maximum absolute atomic E-state index is 6.08. The van der Waals surface area contributed by atoms with E-state index >= 15 is 0 Å². The van der Waals surface area contributed by atoms with Crippen molar-refractivity contribution in [3.63, 3.8) is 0 Å². The zero-order valence-electron chi connectivity index (χ0n) is 13.6. The first-order valence-electron chi connectivity index (χ1n) is 8.47. The lowest BCUT2D eigenvalue weighted by Gasteiger charge is -2.34. The first-order chi connectivity index (χ1) is 10.3. The molecule has 1 heterocycles. The molecular weight excluding hydrogens is 260 g/mol. The molecular formula is C18H30N2O. The van der Waals surface area contributed by atoms with Crippen LogP contribution in [0.2, 0.25) is 0 Å². The summed E-state index contributed by atoms with van der Waals surface area (Å²) in [5.41, 5.74) is 7.44. The van der Waals surface area contributed by atoms with Crippen molar-refractivity contribution in [3.05, 3.63) is 29.8 Å². The highest BCUT2D eigenvalue weighted by molar-refractivity contribution is 5.31. The fourth-order valence-electron chi connectivity index (χ4n) is 3.41. The predicted octanol–water partition coefficient (Wildman–Crippen LogP) is 3.60.